The van der Waals surface area contributed by atoms with E-state index in [4.69, 9.17) is 9.47 Å². The molecule has 2 aromatic rings. The SMILES string of the molecule is COc1ccc(Oc2ccc(NC(=O)NC[C@]3(O)CCCNC3)cc2)cc1. The van der Waals surface area contributed by atoms with Crippen LogP contribution in [0.5, 0.6) is 17.2 Å². The summed E-state index contributed by atoms with van der Waals surface area (Å²) in [6, 6.07) is 14.0. The molecule has 0 bridgehead atoms. The number of amides is 2. The van der Waals surface area contributed by atoms with E-state index in [9.17, 15) is 9.90 Å². The molecule has 3 rings (SSSR count). The maximum absolute atomic E-state index is 12.0. The van der Waals surface area contributed by atoms with Crippen molar-refractivity contribution in [2.24, 2.45) is 0 Å². The molecular weight excluding hydrogens is 346 g/mol. The molecule has 0 radical (unpaired) electrons. The van der Waals surface area contributed by atoms with Crippen LogP contribution in [0.2, 0.25) is 0 Å². The number of carbonyl (C=O) groups excluding carboxylic acids is 1. The second kappa shape index (κ2) is 8.75. The molecule has 1 saturated heterocycles. The first-order valence-electron chi connectivity index (χ1n) is 8.96. The summed E-state index contributed by atoms with van der Waals surface area (Å²) < 4.78 is 10.9. The van der Waals surface area contributed by atoms with Gasteiger partial charge in [0.2, 0.25) is 0 Å². The quantitative estimate of drug-likeness (QED) is 0.627. The highest BCUT2D eigenvalue weighted by atomic mass is 16.5. The lowest BCUT2D eigenvalue weighted by Crippen LogP contribution is -2.53. The third-order valence-electron chi connectivity index (χ3n) is 4.44. The van der Waals surface area contributed by atoms with E-state index in [0.29, 0.717) is 30.2 Å². The van der Waals surface area contributed by atoms with E-state index in [1.165, 1.54) is 0 Å². The molecule has 144 valence electrons. The van der Waals surface area contributed by atoms with Gasteiger partial charge in [0.1, 0.15) is 17.2 Å². The zero-order valence-electron chi connectivity index (χ0n) is 15.3. The molecule has 2 amide bonds. The Bertz CT molecular complexity index is 741. The molecule has 4 N–H and O–H groups in total. The number of benzene rings is 2. The number of hydrogen-bond acceptors (Lipinski definition) is 5. The van der Waals surface area contributed by atoms with Crippen molar-refractivity contribution in [3.63, 3.8) is 0 Å². The number of piperidine rings is 1. The van der Waals surface area contributed by atoms with Gasteiger partial charge >= 0.3 is 6.03 Å². The van der Waals surface area contributed by atoms with Crippen molar-refractivity contribution in [3.05, 3.63) is 48.5 Å². The molecule has 0 aliphatic carbocycles. The van der Waals surface area contributed by atoms with Crippen LogP contribution in [-0.2, 0) is 0 Å². The van der Waals surface area contributed by atoms with Gasteiger partial charge in [-0.1, -0.05) is 0 Å². The molecule has 1 fully saturated rings. The van der Waals surface area contributed by atoms with Crippen molar-refractivity contribution in [1.29, 1.82) is 0 Å². The number of urea groups is 1. The zero-order valence-corrected chi connectivity index (χ0v) is 15.3. The second-order valence-corrected chi connectivity index (χ2v) is 6.61. The highest BCUT2D eigenvalue weighted by Crippen LogP contribution is 2.25. The van der Waals surface area contributed by atoms with E-state index in [-0.39, 0.29) is 12.6 Å². The van der Waals surface area contributed by atoms with Crippen molar-refractivity contribution >= 4 is 11.7 Å². The van der Waals surface area contributed by atoms with E-state index < -0.39 is 5.60 Å². The highest BCUT2D eigenvalue weighted by molar-refractivity contribution is 5.89. The van der Waals surface area contributed by atoms with Gasteiger partial charge in [0.15, 0.2) is 0 Å². The lowest BCUT2D eigenvalue weighted by atomic mass is 9.94. The van der Waals surface area contributed by atoms with E-state index in [1.54, 1.807) is 31.4 Å². The fourth-order valence-electron chi connectivity index (χ4n) is 2.91. The Morgan fingerprint density at radius 1 is 1.11 bits per heavy atom. The predicted molar refractivity (Wildman–Crippen MR) is 104 cm³/mol. The molecule has 0 saturated carbocycles. The molecule has 1 heterocycles. The molecule has 7 nitrogen and oxygen atoms in total. The van der Waals surface area contributed by atoms with Crippen LogP contribution in [0.1, 0.15) is 12.8 Å². The Kier molecular flexibility index (Phi) is 6.16. The lowest BCUT2D eigenvalue weighted by molar-refractivity contribution is 0.0198. The number of β-amino-alcohol motifs (C(OH)–C–C–N with tert-alkyl or cyclic N) is 1. The van der Waals surface area contributed by atoms with E-state index >= 15 is 0 Å². The number of aliphatic hydroxyl groups is 1. The summed E-state index contributed by atoms with van der Waals surface area (Å²) in [6.07, 6.45) is 1.58. The van der Waals surface area contributed by atoms with Gasteiger partial charge in [-0.3, -0.25) is 0 Å². The van der Waals surface area contributed by atoms with Gasteiger partial charge in [0.25, 0.3) is 0 Å². The average molecular weight is 371 g/mol. The largest absolute Gasteiger partial charge is 0.497 e. The molecule has 27 heavy (non-hydrogen) atoms. The standard InChI is InChI=1S/C20H25N3O4/c1-26-16-7-9-18(10-8-16)27-17-5-3-15(4-6-17)23-19(24)22-14-20(25)11-2-12-21-13-20/h3-10,21,25H,2,11-14H2,1H3,(H2,22,23,24)/t20-/m0/s1. The Labute approximate surface area is 158 Å². The number of anilines is 1. The fourth-order valence-corrected chi connectivity index (χ4v) is 2.91. The maximum atomic E-state index is 12.0. The summed E-state index contributed by atoms with van der Waals surface area (Å²) in [5.41, 5.74) is -0.241. The van der Waals surface area contributed by atoms with E-state index in [1.807, 2.05) is 24.3 Å². The van der Waals surface area contributed by atoms with Gasteiger partial charge in [0.05, 0.1) is 12.7 Å². The number of carbonyl (C=O) groups is 1. The molecule has 1 atom stereocenters. The Morgan fingerprint density at radius 3 is 2.33 bits per heavy atom. The number of nitrogens with one attached hydrogen (secondary N) is 3. The third kappa shape index (κ3) is 5.60. The van der Waals surface area contributed by atoms with Crippen LogP contribution in [0.25, 0.3) is 0 Å². The van der Waals surface area contributed by atoms with Crippen LogP contribution in [0.3, 0.4) is 0 Å². The monoisotopic (exact) mass is 371 g/mol. The minimum absolute atomic E-state index is 0.213. The van der Waals surface area contributed by atoms with Gasteiger partial charge in [-0.05, 0) is 67.9 Å². The first kappa shape index (κ1) is 19.0. The van der Waals surface area contributed by atoms with Gasteiger partial charge in [-0.15, -0.1) is 0 Å². The molecular formula is C20H25N3O4. The Hall–Kier alpha value is -2.77. The molecule has 0 unspecified atom stereocenters. The van der Waals surface area contributed by atoms with Crippen LogP contribution >= 0.6 is 0 Å². The maximum Gasteiger partial charge on any atom is 0.319 e. The minimum atomic E-state index is -0.883. The van der Waals surface area contributed by atoms with Gasteiger partial charge in [-0.25, -0.2) is 4.79 Å². The molecule has 1 aliphatic rings. The van der Waals surface area contributed by atoms with Crippen LogP contribution < -0.4 is 25.4 Å². The summed E-state index contributed by atoms with van der Waals surface area (Å²) in [7, 11) is 1.62. The predicted octanol–water partition coefficient (Wildman–Crippen LogP) is 2.72. The minimum Gasteiger partial charge on any atom is -0.497 e. The third-order valence-corrected chi connectivity index (χ3v) is 4.44. The van der Waals surface area contributed by atoms with Crippen LogP contribution in [-0.4, -0.2) is 43.5 Å². The van der Waals surface area contributed by atoms with Gasteiger partial charge in [0, 0.05) is 18.8 Å². The number of hydrogen-bond donors (Lipinski definition) is 4. The van der Waals surface area contributed by atoms with Crippen LogP contribution in [0.4, 0.5) is 10.5 Å². The highest BCUT2D eigenvalue weighted by Gasteiger charge is 2.29. The molecule has 1 aliphatic heterocycles. The first-order chi connectivity index (χ1) is 13.1. The summed E-state index contributed by atoms with van der Waals surface area (Å²) in [5, 5.41) is 19.0. The summed E-state index contributed by atoms with van der Waals surface area (Å²) in [4.78, 5) is 12.0. The normalized spacial score (nSPS) is 19.2. The van der Waals surface area contributed by atoms with Crippen molar-refractivity contribution in [2.75, 3.05) is 32.1 Å². The number of ether oxygens (including phenoxy) is 2. The van der Waals surface area contributed by atoms with Crippen molar-refractivity contribution in [2.45, 2.75) is 18.4 Å². The summed E-state index contributed by atoms with van der Waals surface area (Å²) in [6.45, 7) is 1.61. The number of rotatable bonds is 6. The van der Waals surface area contributed by atoms with Crippen molar-refractivity contribution < 1.29 is 19.4 Å². The van der Waals surface area contributed by atoms with Crippen molar-refractivity contribution in [1.82, 2.24) is 10.6 Å². The molecule has 2 aromatic carbocycles. The van der Waals surface area contributed by atoms with Gasteiger partial charge in [-0.2, -0.15) is 0 Å². The molecule has 0 spiro atoms. The van der Waals surface area contributed by atoms with Crippen molar-refractivity contribution in [3.8, 4) is 17.2 Å². The van der Waals surface area contributed by atoms with Crippen LogP contribution in [0, 0.1) is 0 Å². The second-order valence-electron chi connectivity index (χ2n) is 6.61. The molecule has 0 aromatic heterocycles. The Balaban J connectivity index is 1.48. The number of methoxy groups -OCH3 is 1. The zero-order chi connectivity index (χ0) is 19.1. The Morgan fingerprint density at radius 2 is 1.74 bits per heavy atom. The van der Waals surface area contributed by atoms with Gasteiger partial charge < -0.3 is 30.5 Å². The summed E-state index contributed by atoms with van der Waals surface area (Å²) in [5.74, 6) is 2.12. The van der Waals surface area contributed by atoms with E-state index in [2.05, 4.69) is 16.0 Å². The topological polar surface area (TPSA) is 91.9 Å². The fraction of sp³-hybridized carbons (Fsp3) is 0.350. The molecule has 7 heteroatoms. The van der Waals surface area contributed by atoms with E-state index in [0.717, 1.165) is 18.7 Å². The first-order valence-corrected chi connectivity index (χ1v) is 8.96. The smallest absolute Gasteiger partial charge is 0.319 e. The summed E-state index contributed by atoms with van der Waals surface area (Å²) >= 11 is 0. The lowest BCUT2D eigenvalue weighted by Gasteiger charge is -2.32. The van der Waals surface area contributed by atoms with Crippen LogP contribution in [0.15, 0.2) is 48.5 Å². The average Bonchev–Trinajstić information content (AvgIpc) is 2.69.